The zero-order chi connectivity index (χ0) is 22.9. The Kier molecular flexibility index (Phi) is 7.20. The number of rotatable bonds is 9. The topological polar surface area (TPSA) is 175 Å². The Balaban J connectivity index is 1.45. The lowest BCUT2D eigenvalue weighted by Crippen LogP contribution is -2.26. The highest BCUT2D eigenvalue weighted by Crippen LogP contribution is 2.13. The van der Waals surface area contributed by atoms with E-state index in [-0.39, 0.29) is 48.5 Å². The van der Waals surface area contributed by atoms with Gasteiger partial charge in [0.1, 0.15) is 0 Å². The number of non-ortho nitro benzene ring substituents is 1. The molecule has 1 amide bonds. The van der Waals surface area contributed by atoms with E-state index in [1.165, 1.54) is 24.3 Å². The molecule has 0 radical (unpaired) electrons. The SMILES string of the molecule is Nc1nc(COC(=O)CCNC(=O)c2ccc([N+](=O)[O-])cc2)nc(Nc2ccccc2)n1. The van der Waals surface area contributed by atoms with Crippen molar-refractivity contribution in [1.29, 1.82) is 0 Å². The van der Waals surface area contributed by atoms with Gasteiger partial charge in [0.15, 0.2) is 12.4 Å². The molecule has 32 heavy (non-hydrogen) atoms. The number of carbonyl (C=O) groups is 2. The van der Waals surface area contributed by atoms with Crippen molar-refractivity contribution in [2.75, 3.05) is 17.6 Å². The first-order valence-corrected chi connectivity index (χ1v) is 9.41. The molecule has 4 N–H and O–H groups in total. The van der Waals surface area contributed by atoms with E-state index in [0.717, 1.165) is 5.69 Å². The first kappa shape index (κ1) is 22.1. The number of nitrogen functional groups attached to an aromatic ring is 1. The molecule has 3 rings (SSSR count). The number of nitrogens with two attached hydrogens (primary N) is 1. The predicted molar refractivity (Wildman–Crippen MR) is 114 cm³/mol. The van der Waals surface area contributed by atoms with Gasteiger partial charge >= 0.3 is 5.97 Å². The number of benzene rings is 2. The van der Waals surface area contributed by atoms with Gasteiger partial charge in [-0.3, -0.25) is 19.7 Å². The number of para-hydroxylation sites is 1. The number of ether oxygens (including phenoxy) is 1. The summed E-state index contributed by atoms with van der Waals surface area (Å²) >= 11 is 0. The number of carbonyl (C=O) groups excluding carboxylic acids is 2. The summed E-state index contributed by atoms with van der Waals surface area (Å²) in [4.78, 5) is 46.1. The van der Waals surface area contributed by atoms with Gasteiger partial charge in [0.05, 0.1) is 11.3 Å². The van der Waals surface area contributed by atoms with Gasteiger partial charge in [-0.05, 0) is 24.3 Å². The molecular formula is C20H19N7O5. The van der Waals surface area contributed by atoms with E-state index in [0.29, 0.717) is 0 Å². The summed E-state index contributed by atoms with van der Waals surface area (Å²) in [5, 5.41) is 16.2. The Morgan fingerprint density at radius 2 is 1.75 bits per heavy atom. The van der Waals surface area contributed by atoms with E-state index in [9.17, 15) is 19.7 Å². The predicted octanol–water partition coefficient (Wildman–Crippen LogP) is 1.97. The molecule has 3 aromatic rings. The third kappa shape index (κ3) is 6.45. The summed E-state index contributed by atoms with van der Waals surface area (Å²) in [6, 6.07) is 14.3. The van der Waals surface area contributed by atoms with E-state index in [2.05, 4.69) is 25.6 Å². The standard InChI is InChI=1S/C20H19N7O5/c21-19-24-16(25-20(26-19)23-14-4-2-1-3-5-14)12-32-17(28)10-11-22-18(29)13-6-8-15(9-7-13)27(30)31/h1-9H,10-12H2,(H,22,29)(H3,21,23,24,25,26). The summed E-state index contributed by atoms with van der Waals surface area (Å²) in [5.41, 5.74) is 6.56. The van der Waals surface area contributed by atoms with Crippen molar-refractivity contribution in [3.8, 4) is 0 Å². The maximum absolute atomic E-state index is 12.0. The lowest BCUT2D eigenvalue weighted by atomic mass is 10.2. The Bertz CT molecular complexity index is 1110. The minimum atomic E-state index is -0.578. The molecular weight excluding hydrogens is 418 g/mol. The minimum Gasteiger partial charge on any atom is -0.457 e. The Hall–Kier alpha value is -4.61. The Labute approximate surface area is 182 Å². The number of nitrogens with zero attached hydrogens (tertiary/aromatic N) is 4. The lowest BCUT2D eigenvalue weighted by Gasteiger charge is -2.08. The van der Waals surface area contributed by atoms with Crippen LogP contribution in [0.25, 0.3) is 0 Å². The van der Waals surface area contributed by atoms with E-state index < -0.39 is 16.8 Å². The number of amides is 1. The molecule has 1 aromatic heterocycles. The molecule has 0 fully saturated rings. The molecule has 0 aliphatic rings. The lowest BCUT2D eigenvalue weighted by molar-refractivity contribution is -0.384. The van der Waals surface area contributed by atoms with E-state index in [1.807, 2.05) is 30.3 Å². The number of nitro benzene ring substituents is 1. The van der Waals surface area contributed by atoms with Crippen LogP contribution in [0.1, 0.15) is 22.6 Å². The molecule has 12 nitrogen and oxygen atoms in total. The molecule has 0 saturated heterocycles. The van der Waals surface area contributed by atoms with Crippen LogP contribution in [0.5, 0.6) is 0 Å². The summed E-state index contributed by atoms with van der Waals surface area (Å²) < 4.78 is 5.12. The average Bonchev–Trinajstić information content (AvgIpc) is 2.78. The maximum atomic E-state index is 12.0. The quantitative estimate of drug-likeness (QED) is 0.255. The second kappa shape index (κ2) is 10.4. The summed E-state index contributed by atoms with van der Waals surface area (Å²) in [5.74, 6) is -0.690. The van der Waals surface area contributed by atoms with Gasteiger partial charge < -0.3 is 21.1 Å². The van der Waals surface area contributed by atoms with Gasteiger partial charge in [-0.25, -0.2) is 0 Å². The minimum absolute atomic E-state index is 0.0226. The fraction of sp³-hybridized carbons (Fsp3) is 0.150. The maximum Gasteiger partial charge on any atom is 0.308 e. The normalized spacial score (nSPS) is 10.2. The summed E-state index contributed by atoms with van der Waals surface area (Å²) in [6.45, 7) is -0.194. The molecule has 0 atom stereocenters. The number of nitrogens with one attached hydrogen (secondary N) is 2. The number of esters is 1. The van der Waals surface area contributed by atoms with Crippen LogP contribution >= 0.6 is 0 Å². The summed E-state index contributed by atoms with van der Waals surface area (Å²) in [6.07, 6.45) is -0.0889. The molecule has 0 bridgehead atoms. The van der Waals surface area contributed by atoms with Gasteiger partial charge in [-0.1, -0.05) is 18.2 Å². The van der Waals surface area contributed by atoms with Crippen LogP contribution in [0.15, 0.2) is 54.6 Å². The van der Waals surface area contributed by atoms with Crippen LogP contribution < -0.4 is 16.4 Å². The van der Waals surface area contributed by atoms with Crippen molar-refractivity contribution in [1.82, 2.24) is 20.3 Å². The Morgan fingerprint density at radius 1 is 1.03 bits per heavy atom. The number of hydrogen-bond acceptors (Lipinski definition) is 10. The van der Waals surface area contributed by atoms with Crippen LogP contribution in [-0.2, 0) is 16.1 Å². The summed E-state index contributed by atoms with van der Waals surface area (Å²) in [7, 11) is 0. The molecule has 2 aromatic carbocycles. The zero-order valence-electron chi connectivity index (χ0n) is 16.7. The van der Waals surface area contributed by atoms with E-state index in [4.69, 9.17) is 10.5 Å². The van der Waals surface area contributed by atoms with Crippen molar-refractivity contribution < 1.29 is 19.2 Å². The molecule has 164 valence electrons. The third-order valence-electron chi connectivity index (χ3n) is 4.05. The number of hydrogen-bond donors (Lipinski definition) is 3. The van der Waals surface area contributed by atoms with Gasteiger partial charge in [-0.2, -0.15) is 15.0 Å². The van der Waals surface area contributed by atoms with E-state index >= 15 is 0 Å². The van der Waals surface area contributed by atoms with Crippen molar-refractivity contribution in [2.45, 2.75) is 13.0 Å². The molecule has 0 saturated carbocycles. The fourth-order valence-electron chi connectivity index (χ4n) is 2.54. The zero-order valence-corrected chi connectivity index (χ0v) is 16.7. The van der Waals surface area contributed by atoms with Crippen molar-refractivity contribution in [3.05, 3.63) is 76.1 Å². The van der Waals surface area contributed by atoms with Crippen LogP contribution in [0.3, 0.4) is 0 Å². The van der Waals surface area contributed by atoms with E-state index in [1.54, 1.807) is 0 Å². The molecule has 12 heteroatoms. The second-order valence-corrected chi connectivity index (χ2v) is 6.40. The first-order valence-electron chi connectivity index (χ1n) is 9.41. The van der Waals surface area contributed by atoms with Crippen LogP contribution in [0, 0.1) is 10.1 Å². The van der Waals surface area contributed by atoms with Crippen molar-refractivity contribution in [2.24, 2.45) is 0 Å². The molecule has 0 unspecified atom stereocenters. The van der Waals surface area contributed by atoms with Crippen LogP contribution in [0.2, 0.25) is 0 Å². The number of nitro groups is 1. The monoisotopic (exact) mass is 437 g/mol. The van der Waals surface area contributed by atoms with Gasteiger partial charge in [0.25, 0.3) is 11.6 Å². The van der Waals surface area contributed by atoms with Crippen LogP contribution in [-0.4, -0.2) is 38.3 Å². The fourth-order valence-corrected chi connectivity index (χ4v) is 2.54. The Morgan fingerprint density at radius 3 is 2.44 bits per heavy atom. The highest BCUT2D eigenvalue weighted by molar-refractivity contribution is 5.94. The highest BCUT2D eigenvalue weighted by Gasteiger charge is 2.12. The number of aromatic nitrogens is 3. The molecule has 0 spiro atoms. The average molecular weight is 437 g/mol. The first-order chi connectivity index (χ1) is 15.4. The van der Waals surface area contributed by atoms with Gasteiger partial charge in [0, 0.05) is 29.9 Å². The van der Waals surface area contributed by atoms with Crippen molar-refractivity contribution in [3.63, 3.8) is 0 Å². The van der Waals surface area contributed by atoms with Gasteiger partial charge in [-0.15, -0.1) is 0 Å². The number of anilines is 3. The van der Waals surface area contributed by atoms with Crippen molar-refractivity contribution >= 4 is 35.1 Å². The largest absolute Gasteiger partial charge is 0.457 e. The van der Waals surface area contributed by atoms with Gasteiger partial charge in [0.2, 0.25) is 11.9 Å². The smallest absolute Gasteiger partial charge is 0.308 e. The molecule has 1 heterocycles. The third-order valence-corrected chi connectivity index (χ3v) is 4.05. The molecule has 0 aliphatic heterocycles. The molecule has 0 aliphatic carbocycles. The second-order valence-electron chi connectivity index (χ2n) is 6.40. The van der Waals surface area contributed by atoms with Crippen LogP contribution in [0.4, 0.5) is 23.3 Å². The highest BCUT2D eigenvalue weighted by atomic mass is 16.6.